The minimum Gasteiger partial charge on any atom is -0.315 e. The van der Waals surface area contributed by atoms with Crippen molar-refractivity contribution >= 4 is 0 Å². The molecule has 3 heteroatoms. The van der Waals surface area contributed by atoms with Gasteiger partial charge in [-0.2, -0.15) is 5.10 Å². The Morgan fingerprint density at radius 2 is 2.21 bits per heavy atom. The Morgan fingerprint density at radius 3 is 2.93 bits per heavy atom. The molecule has 0 aromatic carbocycles. The zero-order valence-corrected chi connectivity index (χ0v) is 8.64. The van der Waals surface area contributed by atoms with Crippen LogP contribution in [0.1, 0.15) is 36.2 Å². The third-order valence-corrected chi connectivity index (χ3v) is 3.59. The second-order valence-electron chi connectivity index (χ2n) is 4.77. The molecule has 2 heterocycles. The summed E-state index contributed by atoms with van der Waals surface area (Å²) in [6.45, 7) is 4.58. The first-order valence-corrected chi connectivity index (χ1v) is 5.61. The zero-order chi connectivity index (χ0) is 9.54. The Balaban J connectivity index is 1.93. The Kier molecular flexibility index (Phi) is 1.87. The molecule has 1 aliphatic heterocycles. The van der Waals surface area contributed by atoms with Crippen molar-refractivity contribution in [3.63, 3.8) is 0 Å². The lowest BCUT2D eigenvalue weighted by molar-refractivity contribution is 0.430. The van der Waals surface area contributed by atoms with Crippen LogP contribution in [0.4, 0.5) is 0 Å². The zero-order valence-electron chi connectivity index (χ0n) is 8.64. The second-order valence-corrected chi connectivity index (χ2v) is 4.77. The second kappa shape index (κ2) is 3.09. The first-order valence-electron chi connectivity index (χ1n) is 5.61. The molecule has 1 aromatic rings. The van der Waals surface area contributed by atoms with Crippen LogP contribution in [0.5, 0.6) is 0 Å². The van der Waals surface area contributed by atoms with Crippen LogP contribution < -0.4 is 5.32 Å². The van der Waals surface area contributed by atoms with E-state index in [0.29, 0.717) is 5.92 Å². The highest BCUT2D eigenvalue weighted by atomic mass is 15.1. The third kappa shape index (κ3) is 1.19. The van der Waals surface area contributed by atoms with E-state index in [1.807, 2.05) is 0 Å². The van der Waals surface area contributed by atoms with Crippen LogP contribution in [0.2, 0.25) is 0 Å². The molecule has 14 heavy (non-hydrogen) atoms. The lowest BCUT2D eigenvalue weighted by Crippen LogP contribution is -2.40. The van der Waals surface area contributed by atoms with Gasteiger partial charge < -0.3 is 5.32 Å². The minimum absolute atomic E-state index is 0.681. The first-order chi connectivity index (χ1) is 6.84. The summed E-state index contributed by atoms with van der Waals surface area (Å²) in [6, 6.07) is 0. The maximum atomic E-state index is 4.49. The van der Waals surface area contributed by atoms with Crippen LogP contribution in [0, 0.1) is 5.92 Å². The number of fused-ring (bicyclic) bond motifs is 1. The minimum atomic E-state index is 0.681. The lowest BCUT2D eigenvalue weighted by atomic mass is 9.84. The molecular weight excluding hydrogens is 174 g/mol. The third-order valence-electron chi connectivity index (χ3n) is 3.59. The van der Waals surface area contributed by atoms with Gasteiger partial charge in [-0.05, 0) is 30.7 Å². The smallest absolute Gasteiger partial charge is 0.0713 e. The number of nitrogens with one attached hydrogen (secondary N) is 2. The summed E-state index contributed by atoms with van der Waals surface area (Å²) in [6.07, 6.45) is 3.75. The molecule has 0 bridgehead atoms. The van der Waals surface area contributed by atoms with Gasteiger partial charge in [0.05, 0.1) is 5.69 Å². The van der Waals surface area contributed by atoms with E-state index in [0.717, 1.165) is 19.0 Å². The molecule has 0 saturated carbocycles. The standard InChI is InChI=1S/C11H17N3/c1-7-2-3-10-9(4-7)11(14-13-10)8-5-12-6-8/h7-8,12H,2-6H2,1H3,(H,13,14). The van der Waals surface area contributed by atoms with Crippen molar-refractivity contribution in [3.8, 4) is 0 Å². The SMILES string of the molecule is CC1CCc2[nH]nc(C3CNC3)c2C1. The van der Waals surface area contributed by atoms with Crippen LogP contribution in [0.15, 0.2) is 0 Å². The quantitative estimate of drug-likeness (QED) is 0.700. The summed E-state index contributed by atoms with van der Waals surface area (Å²) in [5, 5.41) is 11.0. The predicted octanol–water partition coefficient (Wildman–Crippen LogP) is 1.22. The van der Waals surface area contributed by atoms with Crippen LogP contribution in [-0.4, -0.2) is 23.3 Å². The maximum Gasteiger partial charge on any atom is 0.0713 e. The van der Waals surface area contributed by atoms with Gasteiger partial charge in [0.2, 0.25) is 0 Å². The fourth-order valence-electron chi connectivity index (χ4n) is 2.51. The molecule has 0 radical (unpaired) electrons. The number of rotatable bonds is 1. The normalized spacial score (nSPS) is 27.1. The molecule has 2 aliphatic rings. The molecule has 2 N–H and O–H groups in total. The Labute approximate surface area is 84.3 Å². The van der Waals surface area contributed by atoms with Crippen molar-refractivity contribution in [2.75, 3.05) is 13.1 Å². The Hall–Kier alpha value is -0.830. The van der Waals surface area contributed by atoms with Gasteiger partial charge in [0.1, 0.15) is 0 Å². The highest BCUT2D eigenvalue weighted by Gasteiger charge is 2.28. The van der Waals surface area contributed by atoms with Gasteiger partial charge in [-0.3, -0.25) is 5.10 Å². The molecular formula is C11H17N3. The molecule has 76 valence electrons. The topological polar surface area (TPSA) is 40.7 Å². The number of aromatic amines is 1. The van der Waals surface area contributed by atoms with E-state index in [-0.39, 0.29) is 0 Å². The lowest BCUT2D eigenvalue weighted by Gasteiger charge is -2.28. The molecule has 0 spiro atoms. The molecule has 1 aromatic heterocycles. The Morgan fingerprint density at radius 1 is 1.36 bits per heavy atom. The van der Waals surface area contributed by atoms with E-state index in [1.165, 1.54) is 36.2 Å². The molecule has 1 saturated heterocycles. The molecule has 1 aliphatic carbocycles. The van der Waals surface area contributed by atoms with Crippen molar-refractivity contribution < 1.29 is 0 Å². The van der Waals surface area contributed by atoms with E-state index in [1.54, 1.807) is 0 Å². The molecule has 3 rings (SSSR count). The molecule has 1 atom stereocenters. The number of hydrogen-bond acceptors (Lipinski definition) is 2. The van der Waals surface area contributed by atoms with Gasteiger partial charge in [-0.1, -0.05) is 6.92 Å². The summed E-state index contributed by atoms with van der Waals surface area (Å²) >= 11 is 0. The average molecular weight is 191 g/mol. The largest absolute Gasteiger partial charge is 0.315 e. The van der Waals surface area contributed by atoms with Crippen molar-refractivity contribution in [2.24, 2.45) is 5.92 Å². The number of aromatic nitrogens is 2. The summed E-state index contributed by atoms with van der Waals surface area (Å²) in [4.78, 5) is 0. The number of hydrogen-bond donors (Lipinski definition) is 2. The van der Waals surface area contributed by atoms with Crippen LogP contribution in [0.3, 0.4) is 0 Å². The summed E-state index contributed by atoms with van der Waals surface area (Å²) in [7, 11) is 0. The Bertz CT molecular complexity index is 338. The van der Waals surface area contributed by atoms with E-state index < -0.39 is 0 Å². The monoisotopic (exact) mass is 191 g/mol. The molecule has 0 amide bonds. The summed E-state index contributed by atoms with van der Waals surface area (Å²) < 4.78 is 0. The highest BCUT2D eigenvalue weighted by molar-refractivity contribution is 5.32. The average Bonchev–Trinajstić information content (AvgIpc) is 2.46. The van der Waals surface area contributed by atoms with Gasteiger partial charge in [0, 0.05) is 24.7 Å². The van der Waals surface area contributed by atoms with Crippen LogP contribution in [0.25, 0.3) is 0 Å². The van der Waals surface area contributed by atoms with E-state index in [4.69, 9.17) is 0 Å². The van der Waals surface area contributed by atoms with Crippen molar-refractivity contribution in [2.45, 2.75) is 32.1 Å². The molecule has 1 fully saturated rings. The van der Waals surface area contributed by atoms with E-state index in [9.17, 15) is 0 Å². The van der Waals surface area contributed by atoms with Crippen molar-refractivity contribution in [1.82, 2.24) is 15.5 Å². The first kappa shape index (κ1) is 8.48. The molecule has 3 nitrogen and oxygen atoms in total. The van der Waals surface area contributed by atoms with Gasteiger partial charge in [-0.25, -0.2) is 0 Å². The number of aryl methyl sites for hydroxylation is 1. The van der Waals surface area contributed by atoms with E-state index >= 15 is 0 Å². The number of H-pyrrole nitrogens is 1. The van der Waals surface area contributed by atoms with Gasteiger partial charge in [0.25, 0.3) is 0 Å². The van der Waals surface area contributed by atoms with E-state index in [2.05, 4.69) is 22.4 Å². The fourth-order valence-corrected chi connectivity index (χ4v) is 2.51. The number of nitrogens with zero attached hydrogens (tertiary/aromatic N) is 1. The van der Waals surface area contributed by atoms with Crippen molar-refractivity contribution in [3.05, 3.63) is 17.0 Å². The van der Waals surface area contributed by atoms with Crippen LogP contribution in [-0.2, 0) is 12.8 Å². The van der Waals surface area contributed by atoms with Gasteiger partial charge in [-0.15, -0.1) is 0 Å². The van der Waals surface area contributed by atoms with Crippen LogP contribution >= 0.6 is 0 Å². The fraction of sp³-hybridized carbons (Fsp3) is 0.727. The van der Waals surface area contributed by atoms with Crippen molar-refractivity contribution in [1.29, 1.82) is 0 Å². The summed E-state index contributed by atoms with van der Waals surface area (Å²) in [5.41, 5.74) is 4.30. The predicted molar refractivity (Wildman–Crippen MR) is 55.4 cm³/mol. The maximum absolute atomic E-state index is 4.49. The summed E-state index contributed by atoms with van der Waals surface area (Å²) in [5.74, 6) is 1.52. The van der Waals surface area contributed by atoms with Gasteiger partial charge >= 0.3 is 0 Å². The van der Waals surface area contributed by atoms with Gasteiger partial charge in [0.15, 0.2) is 0 Å². The highest BCUT2D eigenvalue weighted by Crippen LogP contribution is 2.31. The molecule has 1 unspecified atom stereocenters.